The van der Waals surface area contributed by atoms with Crippen LogP contribution in [0.1, 0.15) is 12.8 Å². The van der Waals surface area contributed by atoms with Crippen LogP contribution in [0.3, 0.4) is 0 Å². The first-order valence-corrected chi connectivity index (χ1v) is 14.0. The Bertz CT molecular complexity index is 306. The molecule has 6 nitrogen and oxygen atoms in total. The van der Waals surface area contributed by atoms with Crippen LogP contribution in [0, 0.1) is 0 Å². The van der Waals surface area contributed by atoms with Crippen molar-refractivity contribution >= 4 is 65.3 Å². The van der Waals surface area contributed by atoms with E-state index in [0.29, 0.717) is 6.42 Å². The summed E-state index contributed by atoms with van der Waals surface area (Å²) in [7, 11) is 6.98. The molecule has 0 spiro atoms. The maximum absolute atomic E-state index is 10.5. The monoisotopic (exact) mass is 473 g/mol. The zero-order valence-electron chi connectivity index (χ0n) is 14.1. The van der Waals surface area contributed by atoms with Crippen molar-refractivity contribution in [3.05, 3.63) is 0 Å². The summed E-state index contributed by atoms with van der Waals surface area (Å²) in [6.07, 6.45) is 1.45. The smallest absolute Gasteiger partial charge is 0.772 e. The van der Waals surface area contributed by atoms with Crippen molar-refractivity contribution in [1.82, 2.24) is 0 Å². The van der Waals surface area contributed by atoms with Gasteiger partial charge in [0.05, 0.1) is 5.75 Å². The molecular weight excluding hydrogens is 451 g/mol. The minimum atomic E-state index is -2.05. The Morgan fingerprint density at radius 3 is 1.58 bits per heavy atom. The largest absolute Gasteiger partial charge is 1.00 e. The molecule has 134 valence electrons. The molecule has 0 heterocycles. The van der Waals surface area contributed by atoms with Crippen molar-refractivity contribution in [3.8, 4) is 0 Å². The van der Waals surface area contributed by atoms with Crippen LogP contribution in [0.15, 0.2) is 0 Å². The zero-order valence-corrected chi connectivity index (χ0v) is 23.0. The minimum Gasteiger partial charge on any atom is -0.772 e. The fraction of sp³-hybridized carbons (Fsp3) is 1.00. The molecule has 0 bridgehead atoms. The average molecular weight is 474 g/mol. The topological polar surface area (TPSA) is 129 Å². The summed E-state index contributed by atoms with van der Waals surface area (Å²) in [6, 6.07) is -0.481. The molecule has 24 heavy (non-hydrogen) atoms. The molecule has 2 unspecified atom stereocenters. The van der Waals surface area contributed by atoms with E-state index in [1.165, 1.54) is 0 Å². The van der Waals surface area contributed by atoms with Crippen LogP contribution in [-0.4, -0.2) is 64.1 Å². The summed E-state index contributed by atoms with van der Waals surface area (Å²) >= 11 is -3.86. The van der Waals surface area contributed by atoms with Crippen molar-refractivity contribution in [1.29, 1.82) is 0 Å². The average Bonchev–Trinajstić information content (AvgIpc) is 2.39. The third kappa shape index (κ3) is 25.5. The summed E-state index contributed by atoms with van der Waals surface area (Å²) in [4.78, 5) is 0. The molecule has 0 rings (SSSR count). The Morgan fingerprint density at radius 1 is 0.833 bits per heavy atom. The summed E-state index contributed by atoms with van der Waals surface area (Å²) in [5.41, 5.74) is 11.3. The van der Waals surface area contributed by atoms with Crippen molar-refractivity contribution in [2.24, 2.45) is 11.5 Å². The van der Waals surface area contributed by atoms with Gasteiger partial charge in [-0.15, -0.1) is 0 Å². The number of nitrogens with two attached hydrogens (primary N) is 2. The maximum atomic E-state index is 10.5. The van der Waals surface area contributed by atoms with Gasteiger partial charge >= 0.3 is 59.1 Å². The quantitative estimate of drug-likeness (QED) is 0.0923. The van der Waals surface area contributed by atoms with Crippen LogP contribution in [0.2, 0.25) is 0 Å². The maximum Gasteiger partial charge on any atom is 1.00 e. The number of rotatable bonds is 15. The molecule has 0 aromatic rings. The SMILES string of the molecule is N[C@@H](CCSSCCSSCC[C@H](N)CS(=O)O)CS(=O)[O-].[Na+].[Na+]. The van der Waals surface area contributed by atoms with Gasteiger partial charge in [-0.2, -0.15) is 0 Å². The van der Waals surface area contributed by atoms with Crippen LogP contribution >= 0.6 is 43.2 Å². The molecular formula is C10H23N2Na2O4S6+. The first-order chi connectivity index (χ1) is 10.4. The van der Waals surface area contributed by atoms with E-state index in [2.05, 4.69) is 0 Å². The predicted octanol–water partition coefficient (Wildman–Crippen LogP) is -4.71. The van der Waals surface area contributed by atoms with E-state index >= 15 is 0 Å². The van der Waals surface area contributed by atoms with E-state index in [9.17, 15) is 13.0 Å². The molecule has 0 amide bonds. The van der Waals surface area contributed by atoms with Gasteiger partial charge in [0.25, 0.3) is 0 Å². The molecule has 4 atom stereocenters. The molecule has 0 saturated heterocycles. The van der Waals surface area contributed by atoms with Crippen molar-refractivity contribution in [2.75, 3.05) is 34.5 Å². The van der Waals surface area contributed by atoms with Gasteiger partial charge in [-0.05, 0) is 12.8 Å². The second-order valence-corrected chi connectivity index (χ2v) is 11.7. The molecule has 0 aliphatic heterocycles. The van der Waals surface area contributed by atoms with Crippen LogP contribution in [0.4, 0.5) is 0 Å². The Kier molecular flexibility index (Phi) is 30.6. The second-order valence-electron chi connectivity index (χ2n) is 4.34. The molecule has 0 radical (unpaired) electrons. The molecule has 0 aliphatic carbocycles. The van der Waals surface area contributed by atoms with Crippen LogP contribution < -0.4 is 70.6 Å². The fourth-order valence-corrected chi connectivity index (χ4v) is 7.31. The third-order valence-electron chi connectivity index (χ3n) is 2.27. The van der Waals surface area contributed by atoms with Crippen LogP contribution in [-0.2, 0) is 22.2 Å². The van der Waals surface area contributed by atoms with E-state index < -0.39 is 22.2 Å². The molecule has 5 N–H and O–H groups in total. The Hall–Kier alpha value is 3.54. The first-order valence-electron chi connectivity index (χ1n) is 6.55. The van der Waals surface area contributed by atoms with E-state index in [1.807, 2.05) is 0 Å². The van der Waals surface area contributed by atoms with Gasteiger partial charge in [-0.25, -0.2) is 4.21 Å². The zero-order chi connectivity index (χ0) is 16.8. The van der Waals surface area contributed by atoms with Gasteiger partial charge < -0.3 is 20.6 Å². The van der Waals surface area contributed by atoms with Gasteiger partial charge in [0, 0.05) is 40.8 Å². The van der Waals surface area contributed by atoms with Gasteiger partial charge in [-0.3, -0.25) is 4.21 Å². The Balaban J connectivity index is -0.00000220. The standard InChI is InChI=1S/C10H24N2O4S6.2Na/c11-9(7-21(13)14)1-3-17-19-5-6-20-18-4-2-10(12)8-22(15)16;;/h9-10H,1-8,11-12H2,(H,13,14)(H,15,16);;/q;2*+1/p-1/t9-,10-;;/m0../s1. The molecule has 0 saturated carbocycles. The normalized spacial score (nSPS) is 15.7. The number of hydrogen-bond acceptors (Lipinski definition) is 9. The fourth-order valence-electron chi connectivity index (χ4n) is 1.23. The summed E-state index contributed by atoms with van der Waals surface area (Å²) in [5.74, 6) is 3.93. The Labute approximate surface area is 210 Å². The summed E-state index contributed by atoms with van der Waals surface area (Å²) in [6.45, 7) is 0. The minimum absolute atomic E-state index is 0. The van der Waals surface area contributed by atoms with Crippen molar-refractivity contribution in [2.45, 2.75) is 24.9 Å². The molecule has 14 heteroatoms. The van der Waals surface area contributed by atoms with Crippen LogP contribution in [0.25, 0.3) is 0 Å². The number of hydrogen-bond donors (Lipinski definition) is 3. The van der Waals surface area contributed by atoms with Gasteiger partial charge in [0.15, 0.2) is 11.1 Å². The van der Waals surface area contributed by atoms with Crippen molar-refractivity contribution in [3.63, 3.8) is 0 Å². The Morgan fingerprint density at radius 2 is 1.21 bits per heavy atom. The van der Waals surface area contributed by atoms with Gasteiger partial charge in [0.2, 0.25) is 0 Å². The second kappa shape index (κ2) is 22.8. The van der Waals surface area contributed by atoms with E-state index in [1.54, 1.807) is 43.2 Å². The van der Waals surface area contributed by atoms with Crippen LogP contribution in [0.5, 0.6) is 0 Å². The summed E-state index contributed by atoms with van der Waals surface area (Å²) in [5, 5.41) is 0. The van der Waals surface area contributed by atoms with Gasteiger partial charge in [-0.1, -0.05) is 54.3 Å². The van der Waals surface area contributed by atoms with E-state index in [-0.39, 0.29) is 82.7 Å². The van der Waals surface area contributed by atoms with E-state index in [4.69, 9.17) is 16.0 Å². The molecule has 0 fully saturated rings. The first kappa shape index (κ1) is 32.2. The predicted molar refractivity (Wildman–Crippen MR) is 104 cm³/mol. The third-order valence-corrected chi connectivity index (χ3v) is 8.82. The molecule has 0 aromatic carbocycles. The molecule has 0 aliphatic rings. The van der Waals surface area contributed by atoms with Gasteiger partial charge in [0.1, 0.15) is 0 Å². The molecule has 0 aromatic heterocycles. The van der Waals surface area contributed by atoms with E-state index in [0.717, 1.165) is 29.4 Å². The summed E-state index contributed by atoms with van der Waals surface area (Å²) < 4.78 is 40.1. The van der Waals surface area contributed by atoms with Crippen molar-refractivity contribution < 1.29 is 76.6 Å².